The van der Waals surface area contributed by atoms with E-state index < -0.39 is 0 Å². The van der Waals surface area contributed by atoms with E-state index in [0.717, 1.165) is 18.5 Å². The molecule has 0 radical (unpaired) electrons. The normalized spacial score (nSPS) is 11.8. The van der Waals surface area contributed by atoms with Crippen molar-refractivity contribution in [3.05, 3.63) is 0 Å². The molecule has 0 amide bonds. The molecular weight excluding hydrogens is 162 g/mol. The van der Waals surface area contributed by atoms with Crippen molar-refractivity contribution >= 4 is 6.71 Å². The number of hydrogen-bond acceptors (Lipinski definition) is 0. The van der Waals surface area contributed by atoms with Crippen molar-refractivity contribution in [2.24, 2.45) is 11.8 Å². The molecule has 0 atom stereocenters. The Bertz CT molecular complexity index is 131. The molecule has 0 saturated carbocycles. The minimum atomic E-state index is 0. The molecular formula is C12H28BLi. The second kappa shape index (κ2) is 7.02. The summed E-state index contributed by atoms with van der Waals surface area (Å²) in [5.41, 5.74) is 0. The zero-order valence-corrected chi connectivity index (χ0v) is 11.6. The second-order valence-electron chi connectivity index (χ2n) is 6.32. The minimum Gasteiger partial charge on any atom is -1.00 e. The van der Waals surface area contributed by atoms with Gasteiger partial charge in [0.2, 0.25) is 0 Å². The molecule has 0 aliphatic rings. The first-order valence-corrected chi connectivity index (χ1v) is 5.73. The van der Waals surface area contributed by atoms with Crippen molar-refractivity contribution in [2.75, 3.05) is 0 Å². The third kappa shape index (κ3) is 8.01. The van der Waals surface area contributed by atoms with Crippen LogP contribution in [0.15, 0.2) is 0 Å². The molecule has 0 fully saturated rings. The summed E-state index contributed by atoms with van der Waals surface area (Å²) in [5.74, 6) is 1.67. The molecule has 0 aromatic heterocycles. The SMILES string of the molecule is CC(C)CB(CC(C)C)C(C)(C)C.[H-].[Li+]. The first-order chi connectivity index (χ1) is 5.73. The fraction of sp³-hybridized carbons (Fsp3) is 1.00. The number of hydrogen-bond donors (Lipinski definition) is 0. The van der Waals surface area contributed by atoms with Gasteiger partial charge in [-0.3, -0.25) is 0 Å². The van der Waals surface area contributed by atoms with E-state index in [9.17, 15) is 0 Å². The van der Waals surface area contributed by atoms with Gasteiger partial charge >= 0.3 is 18.9 Å². The van der Waals surface area contributed by atoms with E-state index in [1.165, 1.54) is 12.6 Å². The Hall–Kier alpha value is 0.662. The van der Waals surface area contributed by atoms with E-state index >= 15 is 0 Å². The molecule has 0 aliphatic carbocycles. The van der Waals surface area contributed by atoms with Gasteiger partial charge in [-0.15, -0.1) is 0 Å². The van der Waals surface area contributed by atoms with Gasteiger partial charge < -0.3 is 1.43 Å². The van der Waals surface area contributed by atoms with E-state index in [1.807, 2.05) is 0 Å². The summed E-state index contributed by atoms with van der Waals surface area (Å²) in [6, 6.07) is 0. The van der Waals surface area contributed by atoms with Crippen molar-refractivity contribution in [3.8, 4) is 0 Å². The molecule has 0 aliphatic heterocycles. The van der Waals surface area contributed by atoms with Gasteiger partial charge in [-0.25, -0.2) is 0 Å². The van der Waals surface area contributed by atoms with Gasteiger partial charge in [-0.05, 0) is 0 Å². The van der Waals surface area contributed by atoms with E-state index in [2.05, 4.69) is 48.5 Å². The summed E-state index contributed by atoms with van der Waals surface area (Å²) in [5, 5.41) is 0.481. The zero-order chi connectivity index (χ0) is 10.6. The molecule has 0 spiro atoms. The molecule has 0 heterocycles. The summed E-state index contributed by atoms with van der Waals surface area (Å²) < 4.78 is 0. The quantitative estimate of drug-likeness (QED) is 0.592. The van der Waals surface area contributed by atoms with Gasteiger partial charge in [-0.2, -0.15) is 0 Å². The van der Waals surface area contributed by atoms with Gasteiger partial charge in [0.15, 0.2) is 0 Å². The molecule has 0 aromatic carbocycles. The zero-order valence-electron chi connectivity index (χ0n) is 12.6. The van der Waals surface area contributed by atoms with Crippen LogP contribution < -0.4 is 18.9 Å². The van der Waals surface area contributed by atoms with Gasteiger partial charge in [0, 0.05) is 0 Å². The Balaban J connectivity index is -0.000000720. The molecule has 0 nitrogen and oxygen atoms in total. The second-order valence-corrected chi connectivity index (χ2v) is 6.32. The molecule has 0 N–H and O–H groups in total. The molecule has 0 bridgehead atoms. The largest absolute Gasteiger partial charge is 1.00 e. The maximum atomic E-state index is 2.38. The van der Waals surface area contributed by atoms with Crippen LogP contribution in [0.2, 0.25) is 18.0 Å². The smallest absolute Gasteiger partial charge is 1.00 e. The Labute approximate surface area is 105 Å². The van der Waals surface area contributed by atoms with Crippen LogP contribution in [-0.4, -0.2) is 6.71 Å². The summed E-state index contributed by atoms with van der Waals surface area (Å²) in [6.07, 6.45) is 2.75. The number of rotatable bonds is 4. The molecule has 0 saturated heterocycles. The Kier molecular flexibility index (Phi) is 8.56. The summed E-state index contributed by atoms with van der Waals surface area (Å²) in [7, 11) is 0. The van der Waals surface area contributed by atoms with Crippen molar-refractivity contribution in [3.63, 3.8) is 0 Å². The van der Waals surface area contributed by atoms with Gasteiger partial charge in [0.1, 0.15) is 6.71 Å². The third-order valence-corrected chi connectivity index (χ3v) is 2.74. The van der Waals surface area contributed by atoms with Crippen LogP contribution in [0.25, 0.3) is 0 Å². The van der Waals surface area contributed by atoms with E-state index in [1.54, 1.807) is 0 Å². The average Bonchev–Trinajstić information content (AvgIpc) is 1.81. The minimum absolute atomic E-state index is 0. The Morgan fingerprint density at radius 2 is 1.21 bits per heavy atom. The molecule has 0 aromatic rings. The van der Waals surface area contributed by atoms with E-state index in [0.29, 0.717) is 5.31 Å². The first kappa shape index (κ1) is 17.1. The van der Waals surface area contributed by atoms with Crippen LogP contribution in [0.1, 0.15) is 49.9 Å². The van der Waals surface area contributed by atoms with Crippen LogP contribution in [0.4, 0.5) is 0 Å². The maximum Gasteiger partial charge on any atom is 1.00 e. The van der Waals surface area contributed by atoms with Crippen molar-refractivity contribution < 1.29 is 20.3 Å². The van der Waals surface area contributed by atoms with Crippen molar-refractivity contribution in [1.29, 1.82) is 0 Å². The average molecular weight is 190 g/mol. The standard InChI is InChI=1S/C12H27B.Li.H/c1-10(2)8-13(9-11(3)4)12(5,6)7;;/h10-11H,8-9H2,1-7H3;;/q;+1;-1. The van der Waals surface area contributed by atoms with Gasteiger partial charge in [0.05, 0.1) is 0 Å². The first-order valence-electron chi connectivity index (χ1n) is 5.73. The van der Waals surface area contributed by atoms with Crippen molar-refractivity contribution in [1.82, 2.24) is 0 Å². The summed E-state index contributed by atoms with van der Waals surface area (Å²) in [6.45, 7) is 17.3. The van der Waals surface area contributed by atoms with Gasteiger partial charge in [0.25, 0.3) is 0 Å². The van der Waals surface area contributed by atoms with Crippen LogP contribution >= 0.6 is 0 Å². The van der Waals surface area contributed by atoms with Crippen LogP contribution in [0.5, 0.6) is 0 Å². The topological polar surface area (TPSA) is 0 Å². The Morgan fingerprint density at radius 1 is 0.929 bits per heavy atom. The third-order valence-electron chi connectivity index (χ3n) is 2.74. The summed E-state index contributed by atoms with van der Waals surface area (Å²) in [4.78, 5) is 0. The van der Waals surface area contributed by atoms with Crippen LogP contribution in [0.3, 0.4) is 0 Å². The van der Waals surface area contributed by atoms with Crippen LogP contribution in [0, 0.1) is 11.8 Å². The van der Waals surface area contributed by atoms with E-state index in [4.69, 9.17) is 0 Å². The fourth-order valence-electron chi connectivity index (χ4n) is 1.94. The van der Waals surface area contributed by atoms with Crippen molar-refractivity contribution in [2.45, 2.75) is 66.4 Å². The molecule has 0 unspecified atom stereocenters. The van der Waals surface area contributed by atoms with Crippen LogP contribution in [-0.2, 0) is 0 Å². The van der Waals surface area contributed by atoms with Gasteiger partial charge in [-0.1, -0.05) is 78.3 Å². The monoisotopic (exact) mass is 190 g/mol. The van der Waals surface area contributed by atoms with E-state index in [-0.39, 0.29) is 20.3 Å². The molecule has 2 heteroatoms. The Morgan fingerprint density at radius 3 is 1.36 bits per heavy atom. The predicted molar refractivity (Wildman–Crippen MR) is 65.9 cm³/mol. The maximum absolute atomic E-state index is 2.38. The predicted octanol–water partition coefficient (Wildman–Crippen LogP) is 1.71. The molecule has 80 valence electrons. The fourth-order valence-corrected chi connectivity index (χ4v) is 1.94. The molecule has 14 heavy (non-hydrogen) atoms. The molecule has 0 rings (SSSR count). The summed E-state index contributed by atoms with van der Waals surface area (Å²) >= 11 is 0.